The Morgan fingerprint density at radius 3 is 2.58 bits per heavy atom. The first kappa shape index (κ1) is 24.1. The summed E-state index contributed by atoms with van der Waals surface area (Å²) in [6.45, 7) is 0.480. The van der Waals surface area contributed by atoms with Crippen LogP contribution >= 0.6 is 13.5 Å². The molecule has 1 atom stereocenters. The van der Waals surface area contributed by atoms with E-state index in [4.69, 9.17) is 5.73 Å². The largest absolute Gasteiger partial charge is 0.418 e. The van der Waals surface area contributed by atoms with E-state index in [0.29, 0.717) is 16.9 Å². The number of hydrogen-bond donors (Lipinski definition) is 1. The number of nitrogen functional groups attached to an aromatic ring is 1. The second-order valence-corrected chi connectivity index (χ2v) is 7.13. The van der Waals surface area contributed by atoms with Crippen LogP contribution in [0.3, 0.4) is 0 Å². The molecule has 33 heavy (non-hydrogen) atoms. The number of anilines is 2. The fraction of sp³-hybridized carbons (Fsp3) is 0.238. The molecule has 0 spiro atoms. The summed E-state index contributed by atoms with van der Waals surface area (Å²) in [5, 5.41) is 4.22. The molecule has 0 bridgehead atoms. The zero-order valence-electron chi connectivity index (χ0n) is 17.2. The van der Waals surface area contributed by atoms with Crippen molar-refractivity contribution in [3.05, 3.63) is 64.7 Å². The molecule has 172 valence electrons. The summed E-state index contributed by atoms with van der Waals surface area (Å²) in [6, 6.07) is 4.74. The van der Waals surface area contributed by atoms with Crippen molar-refractivity contribution in [1.29, 1.82) is 0 Å². The lowest BCUT2D eigenvalue weighted by Gasteiger charge is -2.31. The van der Waals surface area contributed by atoms with Crippen LogP contribution in [-0.2, 0) is 12.9 Å². The molecule has 7 nitrogen and oxygen atoms in total. The van der Waals surface area contributed by atoms with Crippen LogP contribution in [0.4, 0.5) is 29.2 Å². The van der Waals surface area contributed by atoms with Gasteiger partial charge in [0.15, 0.2) is 0 Å². The number of carbonyl (C=O) groups excluding carboxylic acids is 1. The lowest BCUT2D eigenvalue weighted by molar-refractivity contribution is -0.138. The number of halogens is 4. The number of amides is 1. The summed E-state index contributed by atoms with van der Waals surface area (Å²) in [7, 11) is 0. The molecule has 0 unspecified atom stereocenters. The third-order valence-electron chi connectivity index (χ3n) is 4.90. The van der Waals surface area contributed by atoms with Crippen LogP contribution in [0.15, 0.2) is 36.7 Å². The van der Waals surface area contributed by atoms with Gasteiger partial charge >= 0.3 is 6.18 Å². The van der Waals surface area contributed by atoms with Crippen LogP contribution < -0.4 is 10.6 Å². The maximum Gasteiger partial charge on any atom is 0.418 e. The number of hydrogen-bond acceptors (Lipinski definition) is 5. The number of aromatic nitrogens is 4. The van der Waals surface area contributed by atoms with Gasteiger partial charge in [-0.3, -0.25) is 14.4 Å². The Morgan fingerprint density at radius 2 is 1.94 bits per heavy atom. The number of alkyl halides is 4. The van der Waals surface area contributed by atoms with Gasteiger partial charge in [-0.15, -0.1) is 0 Å². The molecule has 0 aromatic carbocycles. The zero-order chi connectivity index (χ0) is 23.0. The molecule has 2 N–H and O–H groups in total. The number of nitrogens with zero attached hydrogens (tertiary/aromatic N) is 5. The SMILES string of the molecule is C[C@H]1CN(c2ccc(C(F)(F)F)c(CF)n2)C(=O)c2c(C#Cc3ccc(N)nc3)cnn21.S. The van der Waals surface area contributed by atoms with Gasteiger partial charge in [0, 0.05) is 18.3 Å². The van der Waals surface area contributed by atoms with Crippen molar-refractivity contribution in [2.45, 2.75) is 25.8 Å². The predicted molar refractivity (Wildman–Crippen MR) is 118 cm³/mol. The van der Waals surface area contributed by atoms with Gasteiger partial charge in [-0.05, 0) is 31.2 Å². The molecule has 3 aromatic heterocycles. The van der Waals surface area contributed by atoms with E-state index in [-0.39, 0.29) is 37.6 Å². The van der Waals surface area contributed by atoms with Crippen molar-refractivity contribution < 1.29 is 22.4 Å². The lowest BCUT2D eigenvalue weighted by atomic mass is 10.1. The molecular formula is C21H18F4N6OS. The van der Waals surface area contributed by atoms with E-state index >= 15 is 0 Å². The van der Waals surface area contributed by atoms with Crippen molar-refractivity contribution in [1.82, 2.24) is 19.7 Å². The fourth-order valence-electron chi connectivity index (χ4n) is 3.37. The first-order valence-corrected chi connectivity index (χ1v) is 9.45. The minimum Gasteiger partial charge on any atom is -0.384 e. The molecule has 1 aliphatic rings. The monoisotopic (exact) mass is 478 g/mol. The van der Waals surface area contributed by atoms with Gasteiger partial charge in [0.1, 0.15) is 24.0 Å². The van der Waals surface area contributed by atoms with E-state index in [1.165, 1.54) is 22.0 Å². The Morgan fingerprint density at radius 1 is 1.18 bits per heavy atom. The second-order valence-electron chi connectivity index (χ2n) is 7.13. The number of carbonyl (C=O) groups is 1. The van der Waals surface area contributed by atoms with E-state index in [0.717, 1.165) is 12.1 Å². The van der Waals surface area contributed by atoms with E-state index in [1.807, 2.05) is 0 Å². The van der Waals surface area contributed by atoms with E-state index in [9.17, 15) is 22.4 Å². The smallest absolute Gasteiger partial charge is 0.384 e. The van der Waals surface area contributed by atoms with Crippen molar-refractivity contribution >= 4 is 31.0 Å². The number of fused-ring (bicyclic) bond motifs is 1. The Balaban J connectivity index is 0.00000306. The lowest BCUT2D eigenvalue weighted by Crippen LogP contribution is -2.43. The molecule has 0 radical (unpaired) electrons. The zero-order valence-corrected chi connectivity index (χ0v) is 18.2. The molecular weight excluding hydrogens is 460 g/mol. The molecule has 0 fully saturated rings. The summed E-state index contributed by atoms with van der Waals surface area (Å²) in [5.74, 6) is 5.47. The Labute approximate surface area is 193 Å². The normalized spacial score (nSPS) is 15.4. The maximum atomic E-state index is 13.3. The van der Waals surface area contributed by atoms with Crippen molar-refractivity contribution in [2.24, 2.45) is 0 Å². The standard InChI is InChI=1S/C21H16F4N6O.H2S/c1-12-11-30(18-7-5-15(21(23,24)25)16(8-22)29-18)20(32)19-14(10-28-31(12)19)4-2-13-3-6-17(26)27-9-13;/h3,5-7,9-10,12H,8,11H2,1H3,(H2,26,27);1H2/t12-;/m0./s1. The first-order chi connectivity index (χ1) is 15.2. The molecule has 12 heteroatoms. The van der Waals surface area contributed by atoms with Crippen LogP contribution in [0.1, 0.15) is 45.8 Å². The van der Waals surface area contributed by atoms with Crippen LogP contribution in [0.2, 0.25) is 0 Å². The molecule has 4 heterocycles. The van der Waals surface area contributed by atoms with Crippen LogP contribution in [-0.4, -0.2) is 32.2 Å². The molecule has 4 rings (SSSR count). The highest BCUT2D eigenvalue weighted by Crippen LogP contribution is 2.34. The summed E-state index contributed by atoms with van der Waals surface area (Å²) in [6.07, 6.45) is -1.82. The number of pyridine rings is 2. The molecule has 0 saturated heterocycles. The van der Waals surface area contributed by atoms with Gasteiger partial charge in [0.2, 0.25) is 0 Å². The number of nitrogens with two attached hydrogens (primary N) is 1. The molecule has 1 aliphatic heterocycles. The van der Waals surface area contributed by atoms with Crippen LogP contribution in [0.5, 0.6) is 0 Å². The number of rotatable bonds is 2. The summed E-state index contributed by atoms with van der Waals surface area (Å²) >= 11 is 0. The summed E-state index contributed by atoms with van der Waals surface area (Å²) in [5.41, 5.74) is 4.68. The fourth-order valence-corrected chi connectivity index (χ4v) is 3.37. The average molecular weight is 478 g/mol. The van der Waals surface area contributed by atoms with Gasteiger partial charge in [0.05, 0.1) is 29.1 Å². The molecule has 0 aliphatic carbocycles. The quantitative estimate of drug-likeness (QED) is 0.450. The second kappa shape index (κ2) is 9.11. The summed E-state index contributed by atoms with van der Waals surface area (Å²) < 4.78 is 54.0. The van der Waals surface area contributed by atoms with Crippen molar-refractivity contribution in [2.75, 3.05) is 17.2 Å². The van der Waals surface area contributed by atoms with E-state index in [1.54, 1.807) is 19.1 Å². The summed E-state index contributed by atoms with van der Waals surface area (Å²) in [4.78, 5) is 22.1. The van der Waals surface area contributed by atoms with Gasteiger partial charge in [-0.25, -0.2) is 14.4 Å². The van der Waals surface area contributed by atoms with Crippen LogP contribution in [0.25, 0.3) is 0 Å². The average Bonchev–Trinajstić information content (AvgIpc) is 3.20. The highest BCUT2D eigenvalue weighted by atomic mass is 32.1. The highest BCUT2D eigenvalue weighted by Gasteiger charge is 2.37. The minimum atomic E-state index is -4.75. The third-order valence-corrected chi connectivity index (χ3v) is 4.90. The van der Waals surface area contributed by atoms with Gasteiger partial charge in [-0.1, -0.05) is 11.8 Å². The highest BCUT2D eigenvalue weighted by molar-refractivity contribution is 7.59. The Kier molecular flexibility index (Phi) is 6.64. The maximum absolute atomic E-state index is 13.3. The van der Waals surface area contributed by atoms with Gasteiger partial charge < -0.3 is 5.73 Å². The van der Waals surface area contributed by atoms with Gasteiger partial charge in [0.25, 0.3) is 5.91 Å². The van der Waals surface area contributed by atoms with Crippen molar-refractivity contribution in [3.8, 4) is 11.8 Å². The molecule has 0 saturated carbocycles. The van der Waals surface area contributed by atoms with Crippen molar-refractivity contribution in [3.63, 3.8) is 0 Å². The molecule has 3 aromatic rings. The molecule has 1 amide bonds. The topological polar surface area (TPSA) is 89.9 Å². The first-order valence-electron chi connectivity index (χ1n) is 9.45. The van der Waals surface area contributed by atoms with E-state index < -0.39 is 30.0 Å². The van der Waals surface area contributed by atoms with Crippen LogP contribution in [0, 0.1) is 11.8 Å². The Bertz CT molecular complexity index is 1250. The predicted octanol–water partition coefficient (Wildman–Crippen LogP) is 3.48. The van der Waals surface area contributed by atoms with Gasteiger partial charge in [-0.2, -0.15) is 31.8 Å². The Hall–Kier alpha value is -3.59. The van der Waals surface area contributed by atoms with E-state index in [2.05, 4.69) is 26.9 Å². The minimum absolute atomic E-state index is 0. The third kappa shape index (κ3) is 4.63.